The highest BCUT2D eigenvalue weighted by molar-refractivity contribution is 6.30. The van der Waals surface area contributed by atoms with E-state index >= 15 is 0 Å². The minimum absolute atomic E-state index is 0.0668. The number of likely N-dealkylation sites (tertiary alicyclic amines) is 2. The molecule has 0 unspecified atom stereocenters. The Kier molecular flexibility index (Phi) is 7.28. The van der Waals surface area contributed by atoms with Crippen LogP contribution in [0.2, 0.25) is 5.02 Å². The third kappa shape index (κ3) is 4.98. The SMILES string of the molecule is COC[C@@H]1CCCN(Cc2c(C(=O)N3CCCCCCC3)nc3ccc(Cl)cn23)C1. The Morgan fingerprint density at radius 1 is 1.13 bits per heavy atom. The van der Waals surface area contributed by atoms with Gasteiger partial charge >= 0.3 is 0 Å². The third-order valence-corrected chi connectivity index (χ3v) is 6.63. The molecule has 0 bridgehead atoms. The predicted molar refractivity (Wildman–Crippen MR) is 119 cm³/mol. The molecule has 2 aromatic rings. The maximum atomic E-state index is 13.5. The summed E-state index contributed by atoms with van der Waals surface area (Å²) < 4.78 is 7.41. The molecule has 0 aromatic carbocycles. The summed E-state index contributed by atoms with van der Waals surface area (Å²) in [5.41, 5.74) is 2.33. The van der Waals surface area contributed by atoms with Crippen LogP contribution in [0.5, 0.6) is 0 Å². The first-order chi connectivity index (χ1) is 14.7. The Balaban J connectivity index is 1.63. The highest BCUT2D eigenvalue weighted by Crippen LogP contribution is 2.24. The average Bonchev–Trinajstić information content (AvgIpc) is 3.05. The van der Waals surface area contributed by atoms with Crippen molar-refractivity contribution in [3.63, 3.8) is 0 Å². The summed E-state index contributed by atoms with van der Waals surface area (Å²) >= 11 is 6.30. The molecule has 0 aliphatic carbocycles. The second kappa shape index (κ2) is 10.1. The van der Waals surface area contributed by atoms with Gasteiger partial charge in [-0.15, -0.1) is 0 Å². The zero-order valence-corrected chi connectivity index (χ0v) is 18.7. The molecule has 4 heterocycles. The largest absolute Gasteiger partial charge is 0.384 e. The monoisotopic (exact) mass is 432 g/mol. The van der Waals surface area contributed by atoms with Gasteiger partial charge in [-0.05, 0) is 50.3 Å². The fourth-order valence-corrected chi connectivity index (χ4v) is 5.03. The molecular weight excluding hydrogens is 400 g/mol. The molecule has 30 heavy (non-hydrogen) atoms. The van der Waals surface area contributed by atoms with Crippen molar-refractivity contribution in [2.75, 3.05) is 39.9 Å². The van der Waals surface area contributed by atoms with Crippen molar-refractivity contribution in [1.82, 2.24) is 19.2 Å². The van der Waals surface area contributed by atoms with Crippen LogP contribution < -0.4 is 0 Å². The molecule has 2 aliphatic heterocycles. The van der Waals surface area contributed by atoms with Crippen LogP contribution in [0.1, 0.15) is 61.1 Å². The van der Waals surface area contributed by atoms with Gasteiger partial charge in [0.2, 0.25) is 0 Å². The summed E-state index contributed by atoms with van der Waals surface area (Å²) in [4.78, 5) is 22.7. The first kappa shape index (κ1) is 21.6. The van der Waals surface area contributed by atoms with Crippen LogP contribution in [-0.4, -0.2) is 65.0 Å². The van der Waals surface area contributed by atoms with Gasteiger partial charge in [0.1, 0.15) is 5.65 Å². The number of rotatable bonds is 5. The predicted octanol–water partition coefficient (Wildman–Crippen LogP) is 4.25. The van der Waals surface area contributed by atoms with Crippen LogP contribution in [0.15, 0.2) is 18.3 Å². The van der Waals surface area contributed by atoms with Crippen molar-refractivity contribution in [3.05, 3.63) is 34.7 Å². The molecule has 2 saturated heterocycles. The lowest BCUT2D eigenvalue weighted by Gasteiger charge is -2.32. The summed E-state index contributed by atoms with van der Waals surface area (Å²) in [5, 5.41) is 0.655. The number of hydrogen-bond acceptors (Lipinski definition) is 4. The van der Waals surface area contributed by atoms with E-state index in [4.69, 9.17) is 21.3 Å². The van der Waals surface area contributed by atoms with Gasteiger partial charge in [0, 0.05) is 39.5 Å². The number of fused-ring (bicyclic) bond motifs is 1. The number of hydrogen-bond donors (Lipinski definition) is 0. The summed E-state index contributed by atoms with van der Waals surface area (Å²) in [6.07, 6.45) is 10.1. The third-order valence-electron chi connectivity index (χ3n) is 6.41. The molecule has 164 valence electrons. The minimum Gasteiger partial charge on any atom is -0.384 e. The van der Waals surface area contributed by atoms with E-state index in [1.165, 1.54) is 25.7 Å². The number of methoxy groups -OCH3 is 1. The normalized spacial score (nSPS) is 21.5. The quantitative estimate of drug-likeness (QED) is 0.708. The van der Waals surface area contributed by atoms with E-state index < -0.39 is 0 Å². The van der Waals surface area contributed by atoms with E-state index in [0.29, 0.717) is 23.2 Å². The van der Waals surface area contributed by atoms with Gasteiger partial charge in [0.15, 0.2) is 5.69 Å². The number of aromatic nitrogens is 2. The summed E-state index contributed by atoms with van der Waals surface area (Å²) in [5.74, 6) is 0.609. The molecule has 0 N–H and O–H groups in total. The molecule has 0 spiro atoms. The van der Waals surface area contributed by atoms with Crippen molar-refractivity contribution >= 4 is 23.2 Å². The molecule has 0 saturated carbocycles. The molecule has 1 amide bonds. The fraction of sp³-hybridized carbons (Fsp3) is 0.652. The molecule has 6 nitrogen and oxygen atoms in total. The average molecular weight is 433 g/mol. The second-order valence-corrected chi connectivity index (χ2v) is 9.18. The number of halogens is 1. The van der Waals surface area contributed by atoms with Crippen LogP contribution in [-0.2, 0) is 11.3 Å². The highest BCUT2D eigenvalue weighted by atomic mass is 35.5. The van der Waals surface area contributed by atoms with Crippen molar-refractivity contribution in [3.8, 4) is 0 Å². The maximum Gasteiger partial charge on any atom is 0.274 e. The lowest BCUT2D eigenvalue weighted by atomic mass is 9.99. The minimum atomic E-state index is 0.0668. The van der Waals surface area contributed by atoms with Crippen LogP contribution in [0, 0.1) is 5.92 Å². The fourth-order valence-electron chi connectivity index (χ4n) is 4.87. The van der Waals surface area contributed by atoms with Gasteiger partial charge in [-0.1, -0.05) is 30.9 Å². The van der Waals surface area contributed by atoms with Crippen LogP contribution in [0.25, 0.3) is 5.65 Å². The Bertz CT molecular complexity index is 858. The van der Waals surface area contributed by atoms with Crippen molar-refractivity contribution in [1.29, 1.82) is 0 Å². The molecule has 7 heteroatoms. The Morgan fingerprint density at radius 3 is 2.67 bits per heavy atom. The molecule has 2 aromatic heterocycles. The first-order valence-corrected chi connectivity index (χ1v) is 11.7. The van der Waals surface area contributed by atoms with Gasteiger partial charge in [-0.3, -0.25) is 9.69 Å². The number of carbonyl (C=O) groups excluding carboxylic acids is 1. The van der Waals surface area contributed by atoms with Crippen molar-refractivity contribution in [2.45, 2.75) is 51.5 Å². The summed E-state index contributed by atoms with van der Waals surface area (Å²) in [7, 11) is 1.77. The van der Waals surface area contributed by atoms with E-state index in [1.54, 1.807) is 7.11 Å². The van der Waals surface area contributed by atoms with Gasteiger partial charge in [0.25, 0.3) is 5.91 Å². The van der Waals surface area contributed by atoms with E-state index in [0.717, 1.165) is 63.4 Å². The lowest BCUT2D eigenvalue weighted by Crippen LogP contribution is -2.38. The number of carbonyl (C=O) groups is 1. The van der Waals surface area contributed by atoms with Gasteiger partial charge in [-0.25, -0.2) is 4.98 Å². The Morgan fingerprint density at radius 2 is 1.90 bits per heavy atom. The molecule has 1 atom stereocenters. The number of pyridine rings is 1. The number of piperidine rings is 1. The number of nitrogens with zero attached hydrogens (tertiary/aromatic N) is 4. The van der Waals surface area contributed by atoms with Gasteiger partial charge in [0.05, 0.1) is 17.3 Å². The molecule has 4 rings (SSSR count). The van der Waals surface area contributed by atoms with Crippen molar-refractivity contribution in [2.24, 2.45) is 5.92 Å². The molecular formula is C23H33ClN4O2. The van der Waals surface area contributed by atoms with E-state index in [9.17, 15) is 4.79 Å². The standard InChI is InChI=1S/C23H33ClN4O2/c1-30-17-18-8-7-11-26(14-18)16-20-22(25-21-10-9-19(24)15-28(20)21)23(29)27-12-5-3-2-4-6-13-27/h9-10,15,18H,2-8,11-14,16-17H2,1H3/t18-/m1/s1. The van der Waals surface area contributed by atoms with Gasteiger partial charge < -0.3 is 14.0 Å². The number of imidazole rings is 1. The van der Waals surface area contributed by atoms with Crippen LogP contribution in [0.3, 0.4) is 0 Å². The van der Waals surface area contributed by atoms with Gasteiger partial charge in [-0.2, -0.15) is 0 Å². The zero-order chi connectivity index (χ0) is 20.9. The van der Waals surface area contributed by atoms with Crippen molar-refractivity contribution < 1.29 is 9.53 Å². The smallest absolute Gasteiger partial charge is 0.274 e. The molecule has 2 aliphatic rings. The van der Waals surface area contributed by atoms with E-state index in [2.05, 4.69) is 4.90 Å². The second-order valence-electron chi connectivity index (χ2n) is 8.74. The lowest BCUT2D eigenvalue weighted by molar-refractivity contribution is 0.0727. The topological polar surface area (TPSA) is 50.1 Å². The molecule has 2 fully saturated rings. The van der Waals surface area contributed by atoms with E-state index in [-0.39, 0.29) is 5.91 Å². The number of ether oxygens (including phenoxy) is 1. The maximum absolute atomic E-state index is 13.5. The van der Waals surface area contributed by atoms with Crippen LogP contribution in [0.4, 0.5) is 0 Å². The van der Waals surface area contributed by atoms with Crippen LogP contribution >= 0.6 is 11.6 Å². The zero-order valence-electron chi connectivity index (χ0n) is 18.0. The summed E-state index contributed by atoms with van der Waals surface area (Å²) in [6, 6.07) is 3.74. The highest BCUT2D eigenvalue weighted by Gasteiger charge is 2.27. The first-order valence-electron chi connectivity index (χ1n) is 11.3. The Labute approximate surface area is 184 Å². The molecule has 0 radical (unpaired) electrons. The summed E-state index contributed by atoms with van der Waals surface area (Å²) in [6.45, 7) is 5.16. The van der Waals surface area contributed by atoms with E-state index in [1.807, 2.05) is 27.6 Å². The Hall–Kier alpha value is -1.63. The number of amides is 1.